The smallest absolute Gasteiger partial charge is 0.279 e. The Morgan fingerprint density at radius 3 is 2.74 bits per heavy atom. The number of aromatic nitrogens is 2. The van der Waals surface area contributed by atoms with E-state index in [0.29, 0.717) is 12.2 Å². The number of halogens is 1. The molecule has 0 N–H and O–H groups in total. The topological polar surface area (TPSA) is 68.3 Å². The first-order valence-electron chi connectivity index (χ1n) is 10.7. The molecule has 0 spiro atoms. The second-order valence-corrected chi connectivity index (χ2v) is 7.88. The summed E-state index contributed by atoms with van der Waals surface area (Å²) in [7, 11) is 0. The number of hydrogen-bond donors (Lipinski definition) is 0. The van der Waals surface area contributed by atoms with Crippen molar-refractivity contribution in [1.29, 1.82) is 0 Å². The molecule has 162 valence electrons. The van der Waals surface area contributed by atoms with Gasteiger partial charge in [0.05, 0.1) is 6.04 Å². The number of furan rings is 1. The van der Waals surface area contributed by atoms with Gasteiger partial charge in [0.1, 0.15) is 23.0 Å². The number of nitrogens with zero attached hydrogens (tertiary/aromatic N) is 3. The fourth-order valence-electron chi connectivity index (χ4n) is 4.11. The van der Waals surface area contributed by atoms with Gasteiger partial charge in [-0.25, -0.2) is 9.07 Å². The van der Waals surface area contributed by atoms with Crippen LogP contribution in [-0.4, -0.2) is 27.1 Å². The highest BCUT2D eigenvalue weighted by Gasteiger charge is 2.32. The zero-order chi connectivity index (χ0) is 22.0. The molecule has 1 amide bonds. The number of aryl methyl sites for hydroxylation is 2. The zero-order valence-electron chi connectivity index (χ0n) is 17.8. The minimum absolute atomic E-state index is 0.195. The first-order chi connectivity index (χ1) is 15.0. The van der Waals surface area contributed by atoms with E-state index < -0.39 is 17.2 Å². The Kier molecular flexibility index (Phi) is 6.02. The van der Waals surface area contributed by atoms with Crippen LogP contribution in [0.25, 0.3) is 5.69 Å². The van der Waals surface area contributed by atoms with Gasteiger partial charge in [-0.3, -0.25) is 9.59 Å². The minimum atomic E-state index is -0.476. The molecule has 1 aromatic carbocycles. The molecule has 0 unspecified atom stereocenters. The van der Waals surface area contributed by atoms with Crippen molar-refractivity contribution < 1.29 is 13.6 Å². The number of likely N-dealkylation sites (tertiary alicyclic amines) is 1. The Balaban J connectivity index is 1.75. The minimum Gasteiger partial charge on any atom is -0.464 e. The molecule has 0 saturated carbocycles. The summed E-state index contributed by atoms with van der Waals surface area (Å²) in [5.41, 5.74) is -0.0208. The highest BCUT2D eigenvalue weighted by atomic mass is 19.1. The summed E-state index contributed by atoms with van der Waals surface area (Å²) in [4.78, 5) is 27.9. The predicted molar refractivity (Wildman–Crippen MR) is 115 cm³/mol. The van der Waals surface area contributed by atoms with Crippen molar-refractivity contribution in [3.05, 3.63) is 81.4 Å². The lowest BCUT2D eigenvalue weighted by atomic mass is 10.1. The molecule has 1 aliphatic heterocycles. The fraction of sp³-hybridized carbons (Fsp3) is 0.375. The van der Waals surface area contributed by atoms with Crippen molar-refractivity contribution in [2.75, 3.05) is 6.54 Å². The second-order valence-electron chi connectivity index (χ2n) is 7.88. The molecule has 6 nitrogen and oxygen atoms in total. The zero-order valence-corrected chi connectivity index (χ0v) is 17.8. The Morgan fingerprint density at radius 2 is 2.00 bits per heavy atom. The van der Waals surface area contributed by atoms with Gasteiger partial charge in [-0.15, -0.1) is 0 Å². The second kappa shape index (κ2) is 8.88. The quantitative estimate of drug-likeness (QED) is 0.615. The molecule has 1 fully saturated rings. The molecule has 1 atom stereocenters. The van der Waals surface area contributed by atoms with Gasteiger partial charge < -0.3 is 9.32 Å². The Morgan fingerprint density at radius 1 is 1.19 bits per heavy atom. The van der Waals surface area contributed by atoms with E-state index in [9.17, 15) is 14.0 Å². The Labute approximate surface area is 180 Å². The van der Waals surface area contributed by atoms with Crippen LogP contribution >= 0.6 is 0 Å². The van der Waals surface area contributed by atoms with Crippen LogP contribution < -0.4 is 5.43 Å². The van der Waals surface area contributed by atoms with Gasteiger partial charge in [0.2, 0.25) is 5.43 Å². The third-order valence-corrected chi connectivity index (χ3v) is 5.76. The molecule has 3 heterocycles. The van der Waals surface area contributed by atoms with Crippen molar-refractivity contribution in [1.82, 2.24) is 14.7 Å². The first kappa shape index (κ1) is 21.0. The number of benzene rings is 1. The number of carbonyl (C=O) groups is 1. The van der Waals surface area contributed by atoms with E-state index in [1.54, 1.807) is 30.0 Å². The monoisotopic (exact) mass is 423 g/mol. The molecule has 1 saturated heterocycles. The van der Waals surface area contributed by atoms with E-state index >= 15 is 0 Å². The summed E-state index contributed by atoms with van der Waals surface area (Å²) in [5.74, 6) is 0.669. The van der Waals surface area contributed by atoms with Gasteiger partial charge in [0, 0.05) is 24.7 Å². The van der Waals surface area contributed by atoms with E-state index in [1.807, 2.05) is 19.1 Å². The molecule has 0 radical (unpaired) electrons. The first-order valence-corrected chi connectivity index (χ1v) is 10.7. The number of carbonyl (C=O) groups excluding carboxylic acids is 1. The molecule has 7 heteroatoms. The Hall–Kier alpha value is -3.22. The van der Waals surface area contributed by atoms with Crippen molar-refractivity contribution in [2.24, 2.45) is 0 Å². The molecule has 0 bridgehead atoms. The standard InChI is InChI=1S/C24H26FN3O3/c1-3-17-12-13-22(31-17)20-11-5-4-8-14-27(20)24(30)23-21(29)15-16(2)28(26-23)19-10-7-6-9-18(19)25/h6-7,9-10,12-13,15,20H,3-5,8,11,14H2,1-2H3/t20-/m0/s1. The molecule has 31 heavy (non-hydrogen) atoms. The largest absolute Gasteiger partial charge is 0.464 e. The van der Waals surface area contributed by atoms with E-state index in [4.69, 9.17) is 4.42 Å². The number of hydrogen-bond acceptors (Lipinski definition) is 4. The van der Waals surface area contributed by atoms with Crippen LogP contribution in [0.2, 0.25) is 0 Å². The maximum atomic E-state index is 14.4. The molecule has 3 aromatic rings. The summed E-state index contributed by atoms with van der Waals surface area (Å²) in [6.45, 7) is 4.19. The lowest BCUT2D eigenvalue weighted by Gasteiger charge is -2.28. The third kappa shape index (κ3) is 4.17. The van der Waals surface area contributed by atoms with Crippen LogP contribution in [0.3, 0.4) is 0 Å². The van der Waals surface area contributed by atoms with Gasteiger partial charge in [-0.2, -0.15) is 5.10 Å². The van der Waals surface area contributed by atoms with E-state index in [2.05, 4.69) is 5.10 Å². The van der Waals surface area contributed by atoms with Crippen molar-refractivity contribution in [3.8, 4) is 5.69 Å². The lowest BCUT2D eigenvalue weighted by molar-refractivity contribution is 0.0647. The predicted octanol–water partition coefficient (Wildman–Crippen LogP) is 4.59. The van der Waals surface area contributed by atoms with Crippen molar-refractivity contribution >= 4 is 5.91 Å². The third-order valence-electron chi connectivity index (χ3n) is 5.76. The summed E-state index contributed by atoms with van der Waals surface area (Å²) >= 11 is 0. The van der Waals surface area contributed by atoms with Gasteiger partial charge >= 0.3 is 0 Å². The van der Waals surface area contributed by atoms with E-state index in [0.717, 1.165) is 43.6 Å². The van der Waals surface area contributed by atoms with Gasteiger partial charge in [0.25, 0.3) is 5.91 Å². The number of amides is 1. The van der Waals surface area contributed by atoms with Crippen LogP contribution in [0, 0.1) is 12.7 Å². The number of para-hydroxylation sites is 1. The van der Waals surface area contributed by atoms with Gasteiger partial charge in [-0.1, -0.05) is 31.9 Å². The average molecular weight is 423 g/mol. The summed E-state index contributed by atoms with van der Waals surface area (Å²) in [5, 5.41) is 4.30. The Bertz CT molecular complexity index is 1150. The van der Waals surface area contributed by atoms with Crippen LogP contribution in [-0.2, 0) is 6.42 Å². The highest BCUT2D eigenvalue weighted by molar-refractivity contribution is 5.92. The molecular weight excluding hydrogens is 397 g/mol. The van der Waals surface area contributed by atoms with Gasteiger partial charge in [0.15, 0.2) is 5.69 Å². The summed E-state index contributed by atoms with van der Waals surface area (Å²) in [6, 6.07) is 11.1. The maximum absolute atomic E-state index is 14.4. The summed E-state index contributed by atoms with van der Waals surface area (Å²) in [6.07, 6.45) is 4.35. The maximum Gasteiger partial charge on any atom is 0.279 e. The van der Waals surface area contributed by atoms with Crippen LogP contribution in [0.4, 0.5) is 4.39 Å². The molecule has 1 aliphatic rings. The van der Waals surface area contributed by atoms with Gasteiger partial charge in [-0.05, 0) is 44.0 Å². The highest BCUT2D eigenvalue weighted by Crippen LogP contribution is 2.32. The van der Waals surface area contributed by atoms with Crippen LogP contribution in [0.15, 0.2) is 51.7 Å². The lowest BCUT2D eigenvalue weighted by Crippen LogP contribution is -2.38. The van der Waals surface area contributed by atoms with Crippen LogP contribution in [0.1, 0.15) is 66.4 Å². The fourth-order valence-corrected chi connectivity index (χ4v) is 4.11. The molecular formula is C24H26FN3O3. The van der Waals surface area contributed by atoms with Crippen molar-refractivity contribution in [3.63, 3.8) is 0 Å². The van der Waals surface area contributed by atoms with E-state index in [-0.39, 0.29) is 17.4 Å². The van der Waals surface area contributed by atoms with E-state index in [1.165, 1.54) is 16.8 Å². The normalized spacial score (nSPS) is 16.9. The number of rotatable bonds is 4. The molecule has 2 aromatic heterocycles. The average Bonchev–Trinajstić information content (AvgIpc) is 3.11. The SMILES string of the molecule is CCc1ccc([C@@H]2CCCCCN2C(=O)c2nn(-c3ccccc3F)c(C)cc2=O)o1. The van der Waals surface area contributed by atoms with Crippen LogP contribution in [0.5, 0.6) is 0 Å². The summed E-state index contributed by atoms with van der Waals surface area (Å²) < 4.78 is 21.6. The van der Waals surface area contributed by atoms with Crippen molar-refractivity contribution in [2.45, 2.75) is 52.0 Å². The molecule has 4 rings (SSSR count). The molecule has 0 aliphatic carbocycles.